The van der Waals surface area contributed by atoms with Gasteiger partial charge in [-0.25, -0.2) is 5.43 Å². The quantitative estimate of drug-likeness (QED) is 0.646. The molecular formula is C12H17BrN6. The van der Waals surface area contributed by atoms with E-state index in [0.29, 0.717) is 0 Å². The molecule has 1 unspecified atom stereocenters. The van der Waals surface area contributed by atoms with Crippen LogP contribution in [0.4, 0.5) is 0 Å². The number of nitrogens with two attached hydrogens (primary N) is 1. The summed E-state index contributed by atoms with van der Waals surface area (Å²) < 4.78 is 2.84. The Morgan fingerprint density at radius 3 is 2.74 bits per heavy atom. The van der Waals surface area contributed by atoms with Crippen molar-refractivity contribution in [1.82, 2.24) is 25.2 Å². The summed E-state index contributed by atoms with van der Waals surface area (Å²) in [7, 11) is 0. The lowest BCUT2D eigenvalue weighted by Gasteiger charge is -2.17. The summed E-state index contributed by atoms with van der Waals surface area (Å²) >= 11 is 3.51. The molecule has 2 aromatic rings. The molecule has 19 heavy (non-hydrogen) atoms. The van der Waals surface area contributed by atoms with Gasteiger partial charge in [-0.05, 0) is 29.3 Å². The minimum absolute atomic E-state index is 0.239. The molecule has 0 amide bonds. The number of hydrogen-bond donors (Lipinski definition) is 2. The third-order valence-electron chi connectivity index (χ3n) is 2.81. The van der Waals surface area contributed by atoms with E-state index in [-0.39, 0.29) is 6.04 Å². The van der Waals surface area contributed by atoms with Crippen molar-refractivity contribution in [1.29, 1.82) is 0 Å². The number of rotatable bonds is 5. The van der Waals surface area contributed by atoms with E-state index in [1.54, 1.807) is 18.6 Å². The van der Waals surface area contributed by atoms with Gasteiger partial charge in [0.15, 0.2) is 0 Å². The number of hydrazine groups is 1. The standard InChI is InChI=1S/C12H17BrN6/c1-3-4-19-12(9(13)6-17-19)11(18-14)10-7-15-8(2)5-16-10/h5-7,11,18H,3-4,14H2,1-2H3. The lowest BCUT2D eigenvalue weighted by molar-refractivity contribution is 0.512. The first-order chi connectivity index (χ1) is 9.17. The third kappa shape index (κ3) is 2.99. The monoisotopic (exact) mass is 324 g/mol. The molecule has 7 heteroatoms. The molecule has 1 atom stereocenters. The summed E-state index contributed by atoms with van der Waals surface area (Å²) in [5, 5.41) is 4.34. The fourth-order valence-electron chi connectivity index (χ4n) is 1.90. The fourth-order valence-corrected chi connectivity index (χ4v) is 2.43. The van der Waals surface area contributed by atoms with Gasteiger partial charge in [-0.2, -0.15) is 5.10 Å². The highest BCUT2D eigenvalue weighted by atomic mass is 79.9. The molecule has 0 radical (unpaired) electrons. The van der Waals surface area contributed by atoms with Gasteiger partial charge in [0.2, 0.25) is 0 Å². The number of halogens is 1. The van der Waals surface area contributed by atoms with Crippen LogP contribution in [0.5, 0.6) is 0 Å². The van der Waals surface area contributed by atoms with Crippen molar-refractivity contribution in [3.63, 3.8) is 0 Å². The average Bonchev–Trinajstić information content (AvgIpc) is 2.76. The van der Waals surface area contributed by atoms with Crippen molar-refractivity contribution in [2.75, 3.05) is 0 Å². The minimum Gasteiger partial charge on any atom is -0.270 e. The van der Waals surface area contributed by atoms with Crippen LogP contribution in [0.15, 0.2) is 23.1 Å². The maximum Gasteiger partial charge on any atom is 0.108 e. The zero-order valence-corrected chi connectivity index (χ0v) is 12.6. The molecule has 0 spiro atoms. The van der Waals surface area contributed by atoms with Gasteiger partial charge in [0, 0.05) is 12.7 Å². The smallest absolute Gasteiger partial charge is 0.108 e. The zero-order chi connectivity index (χ0) is 13.8. The molecule has 2 rings (SSSR count). The molecule has 0 aromatic carbocycles. The fraction of sp³-hybridized carbons (Fsp3) is 0.417. The van der Waals surface area contributed by atoms with E-state index in [2.05, 4.69) is 43.3 Å². The van der Waals surface area contributed by atoms with Crippen LogP contribution in [0, 0.1) is 6.92 Å². The lowest BCUT2D eigenvalue weighted by Crippen LogP contribution is -2.31. The molecule has 0 saturated carbocycles. The molecule has 0 aliphatic heterocycles. The van der Waals surface area contributed by atoms with E-state index >= 15 is 0 Å². The average molecular weight is 325 g/mol. The molecule has 2 heterocycles. The first kappa shape index (κ1) is 14.1. The topological polar surface area (TPSA) is 81.7 Å². The number of nitrogens with one attached hydrogen (secondary N) is 1. The normalized spacial score (nSPS) is 12.6. The van der Waals surface area contributed by atoms with Gasteiger partial charge in [-0.3, -0.25) is 20.5 Å². The number of nitrogens with zero attached hydrogens (tertiary/aromatic N) is 4. The highest BCUT2D eigenvalue weighted by Crippen LogP contribution is 2.27. The molecular weight excluding hydrogens is 308 g/mol. The lowest BCUT2D eigenvalue weighted by atomic mass is 10.1. The molecule has 3 N–H and O–H groups in total. The van der Waals surface area contributed by atoms with Crippen LogP contribution in [-0.2, 0) is 6.54 Å². The van der Waals surface area contributed by atoms with E-state index in [9.17, 15) is 0 Å². The Bertz CT molecular complexity index is 536. The van der Waals surface area contributed by atoms with Crippen molar-refractivity contribution >= 4 is 15.9 Å². The second-order valence-electron chi connectivity index (χ2n) is 4.28. The Hall–Kier alpha value is -1.31. The van der Waals surface area contributed by atoms with Gasteiger partial charge in [-0.15, -0.1) is 0 Å². The van der Waals surface area contributed by atoms with E-state index in [1.165, 1.54) is 0 Å². The predicted molar refractivity (Wildman–Crippen MR) is 76.2 cm³/mol. The maximum atomic E-state index is 5.69. The first-order valence-corrected chi connectivity index (χ1v) is 6.92. The molecule has 0 aliphatic carbocycles. The van der Waals surface area contributed by atoms with Crippen LogP contribution in [0.2, 0.25) is 0 Å². The summed E-state index contributed by atoms with van der Waals surface area (Å²) in [4.78, 5) is 8.64. The van der Waals surface area contributed by atoms with Gasteiger partial charge in [0.25, 0.3) is 0 Å². The summed E-state index contributed by atoms with van der Waals surface area (Å²) in [5.74, 6) is 5.69. The van der Waals surface area contributed by atoms with E-state index in [1.807, 2.05) is 11.6 Å². The van der Waals surface area contributed by atoms with Gasteiger partial charge in [0.05, 0.1) is 33.9 Å². The molecule has 0 bridgehead atoms. The van der Waals surface area contributed by atoms with E-state index < -0.39 is 0 Å². The summed E-state index contributed by atoms with van der Waals surface area (Å²) in [6.45, 7) is 4.84. The largest absolute Gasteiger partial charge is 0.270 e. The number of aryl methyl sites for hydroxylation is 2. The van der Waals surface area contributed by atoms with Crippen LogP contribution in [0.3, 0.4) is 0 Å². The highest BCUT2D eigenvalue weighted by Gasteiger charge is 2.22. The molecule has 0 fully saturated rings. The summed E-state index contributed by atoms with van der Waals surface area (Å²) in [6.07, 6.45) is 6.23. The first-order valence-electron chi connectivity index (χ1n) is 6.13. The second-order valence-corrected chi connectivity index (χ2v) is 5.14. The maximum absolute atomic E-state index is 5.69. The van der Waals surface area contributed by atoms with Crippen LogP contribution >= 0.6 is 15.9 Å². The van der Waals surface area contributed by atoms with E-state index in [4.69, 9.17) is 5.84 Å². The summed E-state index contributed by atoms with van der Waals surface area (Å²) in [6, 6.07) is -0.239. The van der Waals surface area contributed by atoms with Crippen LogP contribution in [0.25, 0.3) is 0 Å². The van der Waals surface area contributed by atoms with Crippen molar-refractivity contribution in [3.05, 3.63) is 40.1 Å². The van der Waals surface area contributed by atoms with Crippen molar-refractivity contribution in [3.8, 4) is 0 Å². The third-order valence-corrected chi connectivity index (χ3v) is 3.42. The van der Waals surface area contributed by atoms with Gasteiger partial charge in [-0.1, -0.05) is 6.92 Å². The molecule has 6 nitrogen and oxygen atoms in total. The Labute approximate surface area is 120 Å². The second kappa shape index (κ2) is 6.23. The number of hydrogen-bond acceptors (Lipinski definition) is 5. The minimum atomic E-state index is -0.239. The SMILES string of the molecule is CCCn1ncc(Br)c1C(NN)c1cnc(C)cn1. The van der Waals surface area contributed by atoms with Crippen LogP contribution < -0.4 is 11.3 Å². The Morgan fingerprint density at radius 2 is 2.16 bits per heavy atom. The van der Waals surface area contributed by atoms with Crippen molar-refractivity contribution in [2.24, 2.45) is 5.84 Å². The van der Waals surface area contributed by atoms with Crippen molar-refractivity contribution in [2.45, 2.75) is 32.9 Å². The molecule has 0 saturated heterocycles. The summed E-state index contributed by atoms with van der Waals surface area (Å²) in [5.41, 5.74) is 5.39. The Kier molecular flexibility index (Phi) is 4.62. The Balaban J connectivity index is 2.41. The zero-order valence-electron chi connectivity index (χ0n) is 11.0. The van der Waals surface area contributed by atoms with Crippen LogP contribution in [0.1, 0.15) is 36.5 Å². The van der Waals surface area contributed by atoms with Crippen LogP contribution in [-0.4, -0.2) is 19.7 Å². The van der Waals surface area contributed by atoms with Crippen molar-refractivity contribution < 1.29 is 0 Å². The molecule has 102 valence electrons. The van der Waals surface area contributed by atoms with E-state index in [0.717, 1.165) is 34.5 Å². The van der Waals surface area contributed by atoms with Gasteiger partial charge < -0.3 is 0 Å². The number of aromatic nitrogens is 4. The van der Waals surface area contributed by atoms with Gasteiger partial charge >= 0.3 is 0 Å². The molecule has 2 aromatic heterocycles. The highest BCUT2D eigenvalue weighted by molar-refractivity contribution is 9.10. The molecule has 0 aliphatic rings. The predicted octanol–water partition coefficient (Wildman–Crippen LogP) is 1.71. The Morgan fingerprint density at radius 1 is 1.37 bits per heavy atom. The van der Waals surface area contributed by atoms with Gasteiger partial charge in [0.1, 0.15) is 6.04 Å².